The third-order valence-corrected chi connectivity index (χ3v) is 3.76. The Morgan fingerprint density at radius 3 is 2.27 bits per heavy atom. The van der Waals surface area contributed by atoms with Crippen LogP contribution in [0.4, 0.5) is 17.1 Å². The van der Waals surface area contributed by atoms with Gasteiger partial charge in [0.2, 0.25) is 0 Å². The number of nitro groups is 1. The predicted molar refractivity (Wildman–Crippen MR) is 94.1 cm³/mol. The molecular weight excluding hydrogens is 345 g/mol. The summed E-state index contributed by atoms with van der Waals surface area (Å²) in [6, 6.07) is 9.80. The third-order valence-electron chi connectivity index (χ3n) is 2.83. The smallest absolute Gasteiger partial charge is 0.289 e. The van der Waals surface area contributed by atoms with Crippen molar-refractivity contribution in [3.05, 3.63) is 62.1 Å². The molecule has 2 rings (SSSR count). The van der Waals surface area contributed by atoms with Crippen LogP contribution in [0.5, 0.6) is 0 Å². The molecule has 0 aliphatic rings. The standard InChI is InChI=1S/C14H11Cl2N3O2S/c1-8-2-3-9(6-12(8)16)17-14(22)18-10-4-5-11(15)13(7-10)19(20)21/h2-7H,1H3,(H2,17,18,22). The molecule has 8 heteroatoms. The van der Waals surface area contributed by atoms with E-state index in [0.29, 0.717) is 10.7 Å². The number of anilines is 2. The number of nitrogens with zero attached hydrogens (tertiary/aromatic N) is 1. The van der Waals surface area contributed by atoms with Gasteiger partial charge < -0.3 is 10.6 Å². The summed E-state index contributed by atoms with van der Waals surface area (Å²) in [6.45, 7) is 1.90. The first kappa shape index (κ1) is 16.5. The molecule has 0 aromatic heterocycles. The maximum absolute atomic E-state index is 10.9. The van der Waals surface area contributed by atoms with Gasteiger partial charge in [-0.3, -0.25) is 10.1 Å². The van der Waals surface area contributed by atoms with Crippen LogP contribution in [0.2, 0.25) is 10.0 Å². The maximum Gasteiger partial charge on any atom is 0.289 e. The van der Waals surface area contributed by atoms with Crippen LogP contribution in [0.1, 0.15) is 5.56 Å². The summed E-state index contributed by atoms with van der Waals surface area (Å²) in [6.07, 6.45) is 0. The molecule has 0 fully saturated rings. The Labute approximate surface area is 142 Å². The molecule has 0 radical (unpaired) electrons. The fourth-order valence-corrected chi connectivity index (χ4v) is 2.30. The number of hydrogen-bond donors (Lipinski definition) is 2. The molecule has 0 unspecified atom stereocenters. The number of halogens is 2. The second kappa shape index (κ2) is 6.91. The third kappa shape index (κ3) is 4.07. The lowest BCUT2D eigenvalue weighted by molar-refractivity contribution is -0.384. The van der Waals surface area contributed by atoms with Crippen LogP contribution in [0.15, 0.2) is 36.4 Å². The van der Waals surface area contributed by atoms with Crippen LogP contribution in [0.3, 0.4) is 0 Å². The van der Waals surface area contributed by atoms with E-state index >= 15 is 0 Å². The number of hydrogen-bond acceptors (Lipinski definition) is 3. The quantitative estimate of drug-likeness (QED) is 0.459. The zero-order valence-corrected chi connectivity index (χ0v) is 13.7. The molecule has 0 atom stereocenters. The minimum Gasteiger partial charge on any atom is -0.332 e. The Kier molecular flexibility index (Phi) is 5.18. The monoisotopic (exact) mass is 355 g/mol. The van der Waals surface area contributed by atoms with Gasteiger partial charge in [-0.2, -0.15) is 0 Å². The number of nitrogens with one attached hydrogen (secondary N) is 2. The van der Waals surface area contributed by atoms with Crippen molar-refractivity contribution in [1.82, 2.24) is 0 Å². The second-order valence-corrected chi connectivity index (χ2v) is 5.69. The molecule has 0 saturated heterocycles. The van der Waals surface area contributed by atoms with Gasteiger partial charge in [0, 0.05) is 22.5 Å². The van der Waals surface area contributed by atoms with Crippen molar-refractivity contribution < 1.29 is 4.92 Å². The molecule has 2 aromatic carbocycles. The van der Waals surface area contributed by atoms with Gasteiger partial charge in [0.25, 0.3) is 5.69 Å². The lowest BCUT2D eigenvalue weighted by atomic mass is 10.2. The normalized spacial score (nSPS) is 10.1. The van der Waals surface area contributed by atoms with Crippen molar-refractivity contribution in [2.45, 2.75) is 6.92 Å². The lowest BCUT2D eigenvalue weighted by Gasteiger charge is -2.11. The molecule has 2 N–H and O–H groups in total. The van der Waals surface area contributed by atoms with Crippen molar-refractivity contribution in [2.24, 2.45) is 0 Å². The van der Waals surface area contributed by atoms with Crippen LogP contribution < -0.4 is 10.6 Å². The topological polar surface area (TPSA) is 67.2 Å². The Balaban J connectivity index is 2.10. The first-order valence-electron chi connectivity index (χ1n) is 6.15. The summed E-state index contributed by atoms with van der Waals surface area (Å²) in [7, 11) is 0. The molecule has 0 spiro atoms. The zero-order valence-electron chi connectivity index (χ0n) is 11.4. The summed E-state index contributed by atoms with van der Waals surface area (Å²) in [5, 5.41) is 17.6. The molecule has 0 saturated carbocycles. The average molecular weight is 356 g/mol. The highest BCUT2D eigenvalue weighted by atomic mass is 35.5. The summed E-state index contributed by atoms with van der Waals surface area (Å²) in [5.74, 6) is 0. The lowest BCUT2D eigenvalue weighted by Crippen LogP contribution is -2.19. The highest BCUT2D eigenvalue weighted by molar-refractivity contribution is 7.80. The zero-order chi connectivity index (χ0) is 16.3. The van der Waals surface area contributed by atoms with Gasteiger partial charge in [-0.15, -0.1) is 0 Å². The van der Waals surface area contributed by atoms with Crippen LogP contribution in [-0.4, -0.2) is 10.0 Å². The number of nitro benzene ring substituents is 1. The van der Waals surface area contributed by atoms with Crippen LogP contribution in [-0.2, 0) is 0 Å². The molecule has 0 aliphatic carbocycles. The minimum atomic E-state index is -0.552. The largest absolute Gasteiger partial charge is 0.332 e. The van der Waals surface area contributed by atoms with E-state index in [1.54, 1.807) is 12.1 Å². The van der Waals surface area contributed by atoms with Crippen molar-refractivity contribution in [3.8, 4) is 0 Å². The van der Waals surface area contributed by atoms with Gasteiger partial charge in [-0.1, -0.05) is 29.3 Å². The van der Waals surface area contributed by atoms with Gasteiger partial charge in [0.15, 0.2) is 5.11 Å². The summed E-state index contributed by atoms with van der Waals surface area (Å²) < 4.78 is 0. The number of rotatable bonds is 3. The minimum absolute atomic E-state index is 0.0692. The van der Waals surface area contributed by atoms with Crippen molar-refractivity contribution >= 4 is 57.6 Å². The molecule has 0 heterocycles. The Hall–Kier alpha value is -1.89. The van der Waals surface area contributed by atoms with E-state index in [9.17, 15) is 10.1 Å². The molecule has 0 bridgehead atoms. The molecule has 22 heavy (non-hydrogen) atoms. The molecule has 2 aromatic rings. The van der Waals surface area contributed by atoms with E-state index in [4.69, 9.17) is 35.4 Å². The van der Waals surface area contributed by atoms with Crippen molar-refractivity contribution in [2.75, 3.05) is 10.6 Å². The van der Waals surface area contributed by atoms with E-state index in [2.05, 4.69) is 10.6 Å². The van der Waals surface area contributed by atoms with E-state index in [1.165, 1.54) is 12.1 Å². The first-order valence-corrected chi connectivity index (χ1v) is 7.31. The predicted octanol–water partition coefficient (Wildman–Crippen LogP) is 5.02. The maximum atomic E-state index is 10.9. The Morgan fingerprint density at radius 1 is 1.09 bits per heavy atom. The summed E-state index contributed by atoms with van der Waals surface area (Å²) in [4.78, 5) is 10.3. The molecular formula is C14H11Cl2N3O2S. The van der Waals surface area contributed by atoms with Crippen molar-refractivity contribution in [1.29, 1.82) is 0 Å². The number of thiocarbonyl (C=S) groups is 1. The fourth-order valence-electron chi connectivity index (χ4n) is 1.69. The van der Waals surface area contributed by atoms with Gasteiger partial charge in [0.1, 0.15) is 5.02 Å². The van der Waals surface area contributed by atoms with E-state index in [-0.39, 0.29) is 15.8 Å². The van der Waals surface area contributed by atoms with Crippen LogP contribution >= 0.6 is 35.4 Å². The SMILES string of the molecule is Cc1ccc(NC(=S)Nc2ccc(Cl)c([N+](=O)[O-])c2)cc1Cl. The highest BCUT2D eigenvalue weighted by Crippen LogP contribution is 2.27. The van der Waals surface area contributed by atoms with E-state index in [1.807, 2.05) is 19.1 Å². The summed E-state index contributed by atoms with van der Waals surface area (Å²) in [5.41, 5.74) is 1.95. The summed E-state index contributed by atoms with van der Waals surface area (Å²) >= 11 is 17.0. The van der Waals surface area contributed by atoms with E-state index < -0.39 is 4.92 Å². The Morgan fingerprint density at radius 2 is 1.68 bits per heavy atom. The number of benzene rings is 2. The highest BCUT2D eigenvalue weighted by Gasteiger charge is 2.13. The molecule has 114 valence electrons. The first-order chi connectivity index (χ1) is 10.4. The second-order valence-electron chi connectivity index (χ2n) is 4.47. The van der Waals surface area contributed by atoms with Gasteiger partial charge >= 0.3 is 0 Å². The molecule has 0 aliphatic heterocycles. The average Bonchev–Trinajstić information content (AvgIpc) is 2.44. The fraction of sp³-hybridized carbons (Fsp3) is 0.0714. The molecule has 0 amide bonds. The van der Waals surface area contributed by atoms with Gasteiger partial charge in [-0.25, -0.2) is 0 Å². The molecule has 5 nitrogen and oxygen atoms in total. The Bertz CT molecular complexity index is 753. The van der Waals surface area contributed by atoms with Gasteiger partial charge in [0.05, 0.1) is 4.92 Å². The van der Waals surface area contributed by atoms with E-state index in [0.717, 1.165) is 11.3 Å². The van der Waals surface area contributed by atoms with Crippen LogP contribution in [0, 0.1) is 17.0 Å². The number of aryl methyl sites for hydroxylation is 1. The van der Waals surface area contributed by atoms with Crippen molar-refractivity contribution in [3.63, 3.8) is 0 Å². The van der Waals surface area contributed by atoms with Crippen LogP contribution in [0.25, 0.3) is 0 Å². The van der Waals surface area contributed by atoms with Gasteiger partial charge in [-0.05, 0) is 49.0 Å².